The topological polar surface area (TPSA) is 64.4 Å². The molecule has 3 heterocycles. The minimum absolute atomic E-state index is 0.000933. The van der Waals surface area contributed by atoms with E-state index in [0.29, 0.717) is 44.2 Å². The normalized spacial score (nSPS) is 19.8. The fourth-order valence-corrected chi connectivity index (χ4v) is 4.78. The first-order chi connectivity index (χ1) is 16.8. The Hall–Kier alpha value is -2.87. The van der Waals surface area contributed by atoms with E-state index in [2.05, 4.69) is 11.0 Å². The Balaban J connectivity index is 1.24. The van der Waals surface area contributed by atoms with Crippen molar-refractivity contribution in [3.63, 3.8) is 0 Å². The number of furan rings is 1. The average molecular weight is 465 g/mol. The molecule has 2 aliphatic heterocycles. The number of hydrogen-bond donors (Lipinski definition) is 0. The fourth-order valence-electron chi connectivity index (χ4n) is 4.78. The standard InChI is InChI=1S/C27H32N2O5/c30-27(24-5-1-2-6-26(24)34-17-11-28-9-14-31-15-10-28)29-12-16-32-20-21(19-29)18-22-4-3-7-25-23(22)8-13-33-25/h1-8,13,21H,9-12,14-20H2. The van der Waals surface area contributed by atoms with Crippen molar-refractivity contribution < 1.29 is 23.4 Å². The summed E-state index contributed by atoms with van der Waals surface area (Å²) in [5, 5.41) is 1.13. The van der Waals surface area contributed by atoms with Crippen molar-refractivity contribution in [3.05, 3.63) is 65.9 Å². The highest BCUT2D eigenvalue weighted by molar-refractivity contribution is 5.97. The van der Waals surface area contributed by atoms with Crippen molar-refractivity contribution in [2.45, 2.75) is 6.42 Å². The second-order valence-electron chi connectivity index (χ2n) is 8.94. The monoisotopic (exact) mass is 464 g/mol. The Labute approximate surface area is 200 Å². The smallest absolute Gasteiger partial charge is 0.257 e. The molecular formula is C27H32N2O5. The molecule has 1 atom stereocenters. The molecule has 1 unspecified atom stereocenters. The minimum Gasteiger partial charge on any atom is -0.491 e. The van der Waals surface area contributed by atoms with Gasteiger partial charge in [-0.1, -0.05) is 24.3 Å². The van der Waals surface area contributed by atoms with Crippen LogP contribution in [0, 0.1) is 5.92 Å². The van der Waals surface area contributed by atoms with E-state index < -0.39 is 0 Å². The summed E-state index contributed by atoms with van der Waals surface area (Å²) < 4.78 is 22.9. The number of carbonyl (C=O) groups is 1. The van der Waals surface area contributed by atoms with Crippen molar-refractivity contribution in [2.75, 3.05) is 65.8 Å². The lowest BCUT2D eigenvalue weighted by Crippen LogP contribution is -2.39. The van der Waals surface area contributed by atoms with E-state index in [1.807, 2.05) is 47.4 Å². The van der Waals surface area contributed by atoms with Gasteiger partial charge in [-0.2, -0.15) is 0 Å². The highest BCUT2D eigenvalue weighted by Gasteiger charge is 2.26. The minimum atomic E-state index is -0.000933. The van der Waals surface area contributed by atoms with Crippen LogP contribution in [0.25, 0.3) is 11.0 Å². The van der Waals surface area contributed by atoms with Gasteiger partial charge in [0.2, 0.25) is 0 Å². The first-order valence-electron chi connectivity index (χ1n) is 12.1. The predicted molar refractivity (Wildman–Crippen MR) is 129 cm³/mol. The third-order valence-corrected chi connectivity index (χ3v) is 6.61. The van der Waals surface area contributed by atoms with E-state index >= 15 is 0 Å². The number of ether oxygens (including phenoxy) is 3. The van der Waals surface area contributed by atoms with Gasteiger partial charge in [0.25, 0.3) is 5.91 Å². The maximum absolute atomic E-state index is 13.6. The molecule has 3 aromatic rings. The van der Waals surface area contributed by atoms with Crippen LogP contribution in [-0.2, 0) is 15.9 Å². The molecule has 0 radical (unpaired) electrons. The summed E-state index contributed by atoms with van der Waals surface area (Å²) in [4.78, 5) is 17.8. The number of fused-ring (bicyclic) bond motifs is 1. The highest BCUT2D eigenvalue weighted by Crippen LogP contribution is 2.25. The predicted octanol–water partition coefficient (Wildman–Crippen LogP) is 3.48. The van der Waals surface area contributed by atoms with E-state index in [-0.39, 0.29) is 11.8 Å². The summed E-state index contributed by atoms with van der Waals surface area (Å²) >= 11 is 0. The van der Waals surface area contributed by atoms with Gasteiger partial charge in [0, 0.05) is 44.0 Å². The van der Waals surface area contributed by atoms with E-state index in [1.165, 1.54) is 5.56 Å². The molecule has 1 aromatic heterocycles. The Morgan fingerprint density at radius 2 is 1.82 bits per heavy atom. The number of nitrogens with zero attached hydrogens (tertiary/aromatic N) is 2. The number of para-hydroxylation sites is 1. The summed E-state index contributed by atoms with van der Waals surface area (Å²) in [5.41, 5.74) is 2.73. The van der Waals surface area contributed by atoms with Crippen LogP contribution in [0.4, 0.5) is 0 Å². The molecule has 2 aliphatic rings. The molecule has 0 saturated carbocycles. The van der Waals surface area contributed by atoms with E-state index in [1.54, 1.807) is 6.26 Å². The lowest BCUT2D eigenvalue weighted by Gasteiger charge is -2.27. The third-order valence-electron chi connectivity index (χ3n) is 6.61. The first-order valence-corrected chi connectivity index (χ1v) is 12.1. The van der Waals surface area contributed by atoms with Gasteiger partial charge < -0.3 is 23.5 Å². The van der Waals surface area contributed by atoms with Gasteiger partial charge in [0.15, 0.2) is 0 Å². The van der Waals surface area contributed by atoms with Crippen LogP contribution in [0.2, 0.25) is 0 Å². The zero-order valence-corrected chi connectivity index (χ0v) is 19.5. The fraction of sp³-hybridized carbons (Fsp3) is 0.444. The van der Waals surface area contributed by atoms with Crippen molar-refractivity contribution >= 4 is 16.9 Å². The second-order valence-corrected chi connectivity index (χ2v) is 8.94. The van der Waals surface area contributed by atoms with Crippen LogP contribution in [0.3, 0.4) is 0 Å². The van der Waals surface area contributed by atoms with Crippen molar-refractivity contribution in [1.29, 1.82) is 0 Å². The number of rotatable bonds is 7. The van der Waals surface area contributed by atoms with Gasteiger partial charge in [0.05, 0.1) is 38.3 Å². The van der Waals surface area contributed by atoms with Crippen LogP contribution in [-0.4, -0.2) is 81.5 Å². The summed E-state index contributed by atoms with van der Waals surface area (Å²) in [7, 11) is 0. The van der Waals surface area contributed by atoms with Gasteiger partial charge >= 0.3 is 0 Å². The van der Waals surface area contributed by atoms with Gasteiger partial charge in [-0.25, -0.2) is 0 Å². The third kappa shape index (κ3) is 5.43. The molecule has 7 nitrogen and oxygen atoms in total. The maximum Gasteiger partial charge on any atom is 0.257 e. The van der Waals surface area contributed by atoms with Gasteiger partial charge in [0.1, 0.15) is 17.9 Å². The van der Waals surface area contributed by atoms with Gasteiger partial charge in [-0.3, -0.25) is 9.69 Å². The maximum atomic E-state index is 13.6. The van der Waals surface area contributed by atoms with Gasteiger partial charge in [-0.05, 0) is 36.2 Å². The highest BCUT2D eigenvalue weighted by atomic mass is 16.5. The Bertz CT molecular complexity index is 1090. The first kappa shape index (κ1) is 22.9. The second kappa shape index (κ2) is 11.0. The number of hydrogen-bond acceptors (Lipinski definition) is 6. The molecule has 2 saturated heterocycles. The molecule has 7 heteroatoms. The molecule has 180 valence electrons. The number of morpholine rings is 1. The zero-order valence-electron chi connectivity index (χ0n) is 19.5. The molecule has 5 rings (SSSR count). The van der Waals surface area contributed by atoms with E-state index in [9.17, 15) is 4.79 Å². The van der Waals surface area contributed by atoms with Gasteiger partial charge in [-0.15, -0.1) is 0 Å². The lowest BCUT2D eigenvalue weighted by molar-refractivity contribution is 0.0321. The van der Waals surface area contributed by atoms with Crippen molar-refractivity contribution in [1.82, 2.24) is 9.80 Å². The Morgan fingerprint density at radius 3 is 2.74 bits per heavy atom. The van der Waals surface area contributed by atoms with Crippen LogP contribution < -0.4 is 4.74 Å². The SMILES string of the molecule is O=C(c1ccccc1OCCN1CCOCC1)N1CCOCC(Cc2cccc3occc23)C1. The van der Waals surface area contributed by atoms with Crippen LogP contribution in [0.15, 0.2) is 59.2 Å². The zero-order chi connectivity index (χ0) is 23.2. The Morgan fingerprint density at radius 1 is 0.971 bits per heavy atom. The molecular weight excluding hydrogens is 432 g/mol. The average Bonchev–Trinajstić information content (AvgIpc) is 3.24. The molecule has 1 amide bonds. The molecule has 0 spiro atoms. The van der Waals surface area contributed by atoms with E-state index in [0.717, 1.165) is 50.2 Å². The molecule has 2 fully saturated rings. The summed E-state index contributed by atoms with van der Waals surface area (Å²) in [6, 6.07) is 15.7. The number of carbonyl (C=O) groups excluding carboxylic acids is 1. The molecule has 0 aliphatic carbocycles. The summed E-state index contributed by atoms with van der Waals surface area (Å²) in [6.07, 6.45) is 2.56. The molecule has 2 aromatic carbocycles. The molecule has 0 bridgehead atoms. The molecule has 0 N–H and O–H groups in total. The number of amides is 1. The lowest BCUT2D eigenvalue weighted by atomic mass is 9.97. The summed E-state index contributed by atoms with van der Waals surface area (Å²) in [5.74, 6) is 0.853. The Kier molecular flexibility index (Phi) is 7.43. The van der Waals surface area contributed by atoms with E-state index in [4.69, 9.17) is 18.6 Å². The quantitative estimate of drug-likeness (QED) is 0.534. The van der Waals surface area contributed by atoms with Crippen LogP contribution >= 0.6 is 0 Å². The van der Waals surface area contributed by atoms with Crippen molar-refractivity contribution in [2.24, 2.45) is 5.92 Å². The molecule has 34 heavy (non-hydrogen) atoms. The number of benzene rings is 2. The van der Waals surface area contributed by atoms with Crippen molar-refractivity contribution in [3.8, 4) is 5.75 Å². The van der Waals surface area contributed by atoms with Crippen LogP contribution in [0.1, 0.15) is 15.9 Å². The largest absolute Gasteiger partial charge is 0.491 e. The van der Waals surface area contributed by atoms with Crippen LogP contribution in [0.5, 0.6) is 5.75 Å². The summed E-state index contributed by atoms with van der Waals surface area (Å²) in [6.45, 7) is 7.15.